The van der Waals surface area contributed by atoms with Gasteiger partial charge in [-0.2, -0.15) is 25.9 Å². The van der Waals surface area contributed by atoms with Crippen molar-refractivity contribution in [3.63, 3.8) is 0 Å². The molecule has 15 aliphatic rings. The minimum absolute atomic E-state index is 0.0783. The molecule has 0 aromatic carbocycles. The summed E-state index contributed by atoms with van der Waals surface area (Å²) in [6.07, 6.45) is 55.5. The second-order valence-electron chi connectivity index (χ2n) is 37.3. The van der Waals surface area contributed by atoms with Crippen molar-refractivity contribution in [2.24, 2.45) is 109 Å². The Labute approximate surface area is 582 Å². The molecule has 2 saturated heterocycles. The summed E-state index contributed by atoms with van der Waals surface area (Å²) in [5.74, 6) is 8.29. The second-order valence-corrected chi connectivity index (χ2v) is 37.3. The maximum Gasteiger partial charge on any atom is 0.226 e. The number of azo groups is 2. The van der Waals surface area contributed by atoms with Gasteiger partial charge in [0.05, 0.1) is 36.8 Å². The van der Waals surface area contributed by atoms with Gasteiger partial charge in [0.2, 0.25) is 5.91 Å². The molecule has 2 aliphatic heterocycles. The molecular formula is C82H140N10O4. The Hall–Kier alpha value is -1.65. The van der Waals surface area contributed by atoms with Gasteiger partial charge in [0.25, 0.3) is 0 Å². The minimum Gasteiger partial charge on any atom is -0.390 e. The summed E-state index contributed by atoms with van der Waals surface area (Å²) >= 11 is 0. The molecule has 13 aliphatic carbocycles. The van der Waals surface area contributed by atoms with E-state index in [1.165, 1.54) is 205 Å². The highest BCUT2D eigenvalue weighted by molar-refractivity contribution is 5.80. The molecule has 22 unspecified atom stereocenters. The van der Waals surface area contributed by atoms with Gasteiger partial charge >= 0.3 is 0 Å². The molecule has 14 nitrogen and oxygen atoms in total. The van der Waals surface area contributed by atoms with Crippen molar-refractivity contribution in [1.29, 1.82) is 0 Å². The van der Waals surface area contributed by atoms with E-state index < -0.39 is 18.1 Å². The zero-order chi connectivity index (χ0) is 65.2. The summed E-state index contributed by atoms with van der Waals surface area (Å²) in [5, 5.41) is 62.7. The summed E-state index contributed by atoms with van der Waals surface area (Å²) in [7, 11) is 0. The largest absolute Gasteiger partial charge is 0.390 e. The zero-order valence-electron chi connectivity index (χ0n) is 60.9. The van der Waals surface area contributed by atoms with Crippen LogP contribution >= 0.6 is 0 Å². The van der Waals surface area contributed by atoms with Crippen molar-refractivity contribution in [2.75, 3.05) is 6.61 Å². The lowest BCUT2D eigenvalue weighted by molar-refractivity contribution is -0.136. The number of aliphatic hydroxyl groups excluding tert-OH is 2. The smallest absolute Gasteiger partial charge is 0.226 e. The van der Waals surface area contributed by atoms with Crippen LogP contribution in [0.2, 0.25) is 0 Å². The zero-order valence-corrected chi connectivity index (χ0v) is 60.9. The molecule has 0 radical (unpaired) electrons. The van der Waals surface area contributed by atoms with Gasteiger partial charge in [-0.3, -0.25) is 9.69 Å². The molecule has 0 aromatic heterocycles. The van der Waals surface area contributed by atoms with Crippen molar-refractivity contribution in [2.45, 2.75) is 413 Å². The van der Waals surface area contributed by atoms with Crippen molar-refractivity contribution < 1.29 is 19.8 Å². The predicted molar refractivity (Wildman–Crippen MR) is 384 cm³/mol. The molecule has 15 fully saturated rings. The molecule has 0 bridgehead atoms. The Balaban J connectivity index is 0.533. The highest BCUT2D eigenvalue weighted by Gasteiger charge is 2.59. The molecule has 14 heteroatoms. The first-order chi connectivity index (χ1) is 47.0. The van der Waals surface area contributed by atoms with E-state index in [4.69, 9.17) is 25.3 Å². The highest BCUT2D eigenvalue weighted by Crippen LogP contribution is 2.56. The molecule has 7 N–H and O–H groups in total. The molecule has 0 spiro atoms. The number of fused-ring (bicyclic) bond motifs is 10. The molecule has 0 aromatic rings. The Morgan fingerprint density at radius 2 is 0.990 bits per heavy atom. The van der Waals surface area contributed by atoms with E-state index >= 15 is 0 Å². The first-order valence-corrected chi connectivity index (χ1v) is 42.9. The van der Waals surface area contributed by atoms with Gasteiger partial charge in [0.1, 0.15) is 12.1 Å². The van der Waals surface area contributed by atoms with E-state index in [-0.39, 0.29) is 48.0 Å². The summed E-state index contributed by atoms with van der Waals surface area (Å²) in [5.41, 5.74) is 3.53. The Morgan fingerprint density at radius 1 is 0.469 bits per heavy atom. The van der Waals surface area contributed by atoms with Gasteiger partial charge in [0.15, 0.2) is 0 Å². The average Bonchev–Trinajstić information content (AvgIpc) is 1.53. The third-order valence-corrected chi connectivity index (χ3v) is 31.7. The number of carbonyl (C=O) groups is 1. The van der Waals surface area contributed by atoms with E-state index in [0.717, 1.165) is 131 Å². The van der Waals surface area contributed by atoms with Crippen molar-refractivity contribution in [3.05, 3.63) is 0 Å². The van der Waals surface area contributed by atoms with Crippen molar-refractivity contribution >= 4 is 5.91 Å². The van der Waals surface area contributed by atoms with Crippen LogP contribution in [0.4, 0.5) is 0 Å². The normalized spacial score (nSPS) is 49.3. The van der Waals surface area contributed by atoms with E-state index in [9.17, 15) is 15.0 Å². The lowest BCUT2D eigenvalue weighted by atomic mass is 9.58. The van der Waals surface area contributed by atoms with Gasteiger partial charge in [-0.05, 0) is 283 Å². The molecule has 542 valence electrons. The third kappa shape index (κ3) is 15.9. The number of nitrogens with one attached hydrogen (secondary N) is 5. The minimum atomic E-state index is -0.795. The summed E-state index contributed by atoms with van der Waals surface area (Å²) in [4.78, 5) is 24.4. The standard InChI is InChI=1S/C82H140N10O4/c1-4-54-13-5-8-17-71(54)91-96-49-57-47-55-28-44-68-66-15-6-9-18-72(66)85-76(68)74(55)78(80(57)93)89-87-60-34-30-58(31-35-60)83-59-32-36-61(37-33-59)88-90-79-75-56(29-45-69-67-16-7-10-19-73(67)86-77(69)75)48-70(81(79)94)82(95)84-62-14-11-12-53(46-62)25-24-52-26-42-65(43-27-52)92(63-38-20-50(2)21-39-63)64-40-22-51(3)23-41-64/h50-81,83,85-86,91,93-94H,4-49H2,1-3H3,(H,84,95). The van der Waals surface area contributed by atoms with Gasteiger partial charge in [-0.15, -0.1) is 0 Å². The quantitative estimate of drug-likeness (QED) is 0.0489. The monoisotopic (exact) mass is 1330 g/mol. The fraction of sp³-hybridized carbons (Fsp3) is 0.988. The number of nitrogens with zero attached hydrogens (tertiary/aromatic N) is 5. The topological polar surface area (TPSA) is 180 Å². The van der Waals surface area contributed by atoms with Crippen LogP contribution in [0, 0.1) is 88.8 Å². The summed E-state index contributed by atoms with van der Waals surface area (Å²) in [6.45, 7) is 7.85. The molecule has 22 atom stereocenters. The van der Waals surface area contributed by atoms with Crippen LogP contribution in [-0.2, 0) is 9.63 Å². The number of hydroxylamine groups is 1. The maximum absolute atomic E-state index is 14.8. The first kappa shape index (κ1) is 70.0. The van der Waals surface area contributed by atoms with Gasteiger partial charge < -0.3 is 36.3 Å². The molecular weight excluding hydrogens is 1190 g/mol. The number of amides is 1. The number of rotatable bonds is 19. The lowest BCUT2D eigenvalue weighted by Gasteiger charge is -2.50. The van der Waals surface area contributed by atoms with Crippen LogP contribution < -0.4 is 26.7 Å². The fourth-order valence-corrected chi connectivity index (χ4v) is 26.3. The lowest BCUT2D eigenvalue weighted by Crippen LogP contribution is -2.59. The van der Waals surface area contributed by atoms with Crippen molar-refractivity contribution in [3.8, 4) is 0 Å². The predicted octanol–water partition coefficient (Wildman–Crippen LogP) is 15.9. The number of carbonyl (C=O) groups excluding carboxylic acids is 1. The van der Waals surface area contributed by atoms with E-state index in [1.54, 1.807) is 0 Å². The van der Waals surface area contributed by atoms with E-state index in [2.05, 4.69) is 52.4 Å². The summed E-state index contributed by atoms with van der Waals surface area (Å²) < 4.78 is 0. The third-order valence-electron chi connectivity index (χ3n) is 31.7. The van der Waals surface area contributed by atoms with Crippen LogP contribution in [0.15, 0.2) is 20.5 Å². The maximum atomic E-state index is 14.8. The number of aliphatic hydroxyl groups is 2. The van der Waals surface area contributed by atoms with E-state index in [1.807, 2.05) is 0 Å². The SMILES string of the molecule is CCC1CCCCC1NOCC1CC2CCC3C4CCCCC4NC3C2C(N=NC2CCC(NC3CCC(N=NC4C(O)C(C(=O)NC5CCCC(CCC6CCC(N(C7CCC(C)CC7)C7CCC(C)CC7)CC6)C5)CC5CCC6C7CCCCC7NC6C54)CC3)CC2)C1O. The van der Waals surface area contributed by atoms with Crippen LogP contribution in [0.1, 0.15) is 310 Å². The van der Waals surface area contributed by atoms with Gasteiger partial charge in [-0.1, -0.05) is 91.4 Å². The van der Waals surface area contributed by atoms with Gasteiger partial charge in [-0.25, -0.2) is 0 Å². The Kier molecular flexibility index (Phi) is 23.8. The molecule has 13 saturated carbocycles. The number of hydrogen-bond acceptors (Lipinski definition) is 13. The van der Waals surface area contributed by atoms with E-state index in [0.29, 0.717) is 90.3 Å². The Bertz CT molecular complexity index is 2460. The van der Waals surface area contributed by atoms with Crippen LogP contribution in [0.5, 0.6) is 0 Å². The Morgan fingerprint density at radius 3 is 1.57 bits per heavy atom. The summed E-state index contributed by atoms with van der Waals surface area (Å²) in [6, 6.07) is 6.05. The first-order valence-electron chi connectivity index (χ1n) is 42.9. The van der Waals surface area contributed by atoms with Crippen LogP contribution in [0.3, 0.4) is 0 Å². The second kappa shape index (κ2) is 32.6. The van der Waals surface area contributed by atoms with Crippen LogP contribution in [-0.4, -0.2) is 130 Å². The highest BCUT2D eigenvalue weighted by atomic mass is 16.6. The van der Waals surface area contributed by atoms with Crippen LogP contribution in [0.25, 0.3) is 0 Å². The average molecular weight is 1330 g/mol. The van der Waals surface area contributed by atoms with Gasteiger partial charge in [0, 0.05) is 84.2 Å². The molecule has 1 amide bonds. The van der Waals surface area contributed by atoms with Crippen molar-refractivity contribution in [1.82, 2.24) is 31.6 Å². The molecule has 15 rings (SSSR count). The number of hydrogen-bond donors (Lipinski definition) is 7. The fourth-order valence-electron chi connectivity index (χ4n) is 26.3. The molecule has 2 heterocycles. The molecule has 96 heavy (non-hydrogen) atoms.